The van der Waals surface area contributed by atoms with E-state index in [-0.39, 0.29) is 0 Å². The number of rotatable bonds is 3. The third kappa shape index (κ3) is 2.95. The molecular formula is C21H18N2. The number of para-hydroxylation sites is 1. The van der Waals surface area contributed by atoms with Gasteiger partial charge in [0.1, 0.15) is 0 Å². The lowest BCUT2D eigenvalue weighted by Gasteiger charge is -2.09. The van der Waals surface area contributed by atoms with E-state index in [1.807, 2.05) is 54.6 Å². The molecule has 1 heterocycles. The maximum Gasteiger partial charge on any atom is 0.0998 e. The minimum Gasteiger partial charge on any atom is -0.318 e. The molecule has 112 valence electrons. The normalized spacial score (nSPS) is 11.3. The molecule has 0 spiro atoms. The van der Waals surface area contributed by atoms with E-state index in [0.29, 0.717) is 5.57 Å². The number of nitriles is 1. The summed E-state index contributed by atoms with van der Waals surface area (Å²) < 4.78 is 2.21. The molecule has 0 aliphatic heterocycles. The van der Waals surface area contributed by atoms with Gasteiger partial charge in [0.2, 0.25) is 0 Å². The van der Waals surface area contributed by atoms with Crippen LogP contribution in [0.2, 0.25) is 0 Å². The first kappa shape index (κ1) is 14.9. The fourth-order valence-corrected chi connectivity index (χ4v) is 2.86. The van der Waals surface area contributed by atoms with Crippen LogP contribution in [0.4, 0.5) is 0 Å². The van der Waals surface area contributed by atoms with Crippen LogP contribution in [0.15, 0.2) is 66.7 Å². The highest BCUT2D eigenvalue weighted by Crippen LogP contribution is 2.25. The molecule has 2 aromatic carbocycles. The first-order chi connectivity index (χ1) is 11.2. The minimum absolute atomic E-state index is 0.680. The highest BCUT2D eigenvalue weighted by molar-refractivity contribution is 5.90. The Morgan fingerprint density at radius 3 is 2.17 bits per heavy atom. The van der Waals surface area contributed by atoms with E-state index < -0.39 is 0 Å². The van der Waals surface area contributed by atoms with Gasteiger partial charge in [0.05, 0.1) is 11.6 Å². The Morgan fingerprint density at radius 2 is 1.57 bits per heavy atom. The number of aromatic nitrogens is 1. The van der Waals surface area contributed by atoms with Crippen molar-refractivity contribution in [3.63, 3.8) is 0 Å². The maximum absolute atomic E-state index is 9.50. The molecule has 0 bridgehead atoms. The van der Waals surface area contributed by atoms with Gasteiger partial charge in [0.25, 0.3) is 0 Å². The lowest BCUT2D eigenvalue weighted by Crippen LogP contribution is -1.98. The fraction of sp³-hybridized carbons (Fsp3) is 0.0952. The summed E-state index contributed by atoms with van der Waals surface area (Å²) in [5.74, 6) is 0. The van der Waals surface area contributed by atoms with Crippen molar-refractivity contribution in [1.29, 1.82) is 5.26 Å². The molecule has 0 aliphatic carbocycles. The fourth-order valence-electron chi connectivity index (χ4n) is 2.86. The van der Waals surface area contributed by atoms with E-state index >= 15 is 0 Å². The average Bonchev–Trinajstić information content (AvgIpc) is 2.88. The Hall–Kier alpha value is -3.05. The van der Waals surface area contributed by atoms with Crippen LogP contribution in [0, 0.1) is 25.2 Å². The number of hydrogen-bond donors (Lipinski definition) is 0. The van der Waals surface area contributed by atoms with Gasteiger partial charge < -0.3 is 4.57 Å². The summed E-state index contributed by atoms with van der Waals surface area (Å²) in [6.07, 6.45) is 1.97. The van der Waals surface area contributed by atoms with E-state index in [0.717, 1.165) is 28.2 Å². The second kappa shape index (κ2) is 6.37. The van der Waals surface area contributed by atoms with E-state index in [1.54, 1.807) is 0 Å². The topological polar surface area (TPSA) is 28.7 Å². The Morgan fingerprint density at radius 1 is 0.957 bits per heavy atom. The Bertz CT molecular complexity index is 879. The third-order valence-corrected chi connectivity index (χ3v) is 3.99. The minimum atomic E-state index is 0.680. The number of aryl methyl sites for hydroxylation is 1. The lowest BCUT2D eigenvalue weighted by molar-refractivity contribution is 0.964. The highest BCUT2D eigenvalue weighted by Gasteiger charge is 2.10. The molecule has 0 saturated carbocycles. The predicted molar refractivity (Wildman–Crippen MR) is 95.2 cm³/mol. The molecule has 0 saturated heterocycles. The van der Waals surface area contributed by atoms with Crippen molar-refractivity contribution in [1.82, 2.24) is 4.57 Å². The standard InChI is InChI=1S/C21H18N2/c1-16-13-19(14-20(15-22)18-9-5-3-6-10-18)17(2)23(16)21-11-7-4-8-12-21/h3-14H,1-2H3/b20-14-. The van der Waals surface area contributed by atoms with Crippen molar-refractivity contribution < 1.29 is 0 Å². The zero-order valence-corrected chi connectivity index (χ0v) is 13.3. The molecule has 0 aliphatic rings. The summed E-state index contributed by atoms with van der Waals surface area (Å²) in [6.45, 7) is 4.18. The molecule has 0 atom stereocenters. The number of nitrogens with zero attached hydrogens (tertiary/aromatic N) is 2. The Labute approximate surface area is 136 Å². The van der Waals surface area contributed by atoms with Gasteiger partial charge in [-0.3, -0.25) is 0 Å². The second-order valence-electron chi connectivity index (χ2n) is 5.53. The molecule has 0 fully saturated rings. The van der Waals surface area contributed by atoms with E-state index in [2.05, 4.69) is 42.7 Å². The summed E-state index contributed by atoms with van der Waals surface area (Å²) in [7, 11) is 0. The summed E-state index contributed by atoms with van der Waals surface area (Å²) in [4.78, 5) is 0. The van der Waals surface area contributed by atoms with Crippen LogP contribution in [-0.2, 0) is 0 Å². The van der Waals surface area contributed by atoms with Gasteiger partial charge in [-0.1, -0.05) is 48.5 Å². The molecule has 0 radical (unpaired) electrons. The molecule has 1 aromatic heterocycles. The molecule has 0 N–H and O–H groups in total. The quantitative estimate of drug-likeness (QED) is 0.614. The van der Waals surface area contributed by atoms with E-state index in [4.69, 9.17) is 0 Å². The second-order valence-corrected chi connectivity index (χ2v) is 5.53. The van der Waals surface area contributed by atoms with Gasteiger partial charge in [0.15, 0.2) is 0 Å². The Balaban J connectivity index is 2.09. The van der Waals surface area contributed by atoms with Crippen LogP contribution in [0.5, 0.6) is 0 Å². The molecule has 3 aromatic rings. The van der Waals surface area contributed by atoms with Gasteiger partial charge in [-0.2, -0.15) is 5.26 Å². The van der Waals surface area contributed by atoms with Crippen LogP contribution >= 0.6 is 0 Å². The molecule has 23 heavy (non-hydrogen) atoms. The number of hydrogen-bond acceptors (Lipinski definition) is 1. The average molecular weight is 298 g/mol. The SMILES string of the molecule is Cc1cc(/C=C(/C#N)c2ccccc2)c(C)n1-c1ccccc1. The van der Waals surface area contributed by atoms with Crippen molar-refractivity contribution >= 4 is 11.6 Å². The van der Waals surface area contributed by atoms with Gasteiger partial charge in [-0.15, -0.1) is 0 Å². The number of allylic oxidation sites excluding steroid dienone is 1. The van der Waals surface area contributed by atoms with Gasteiger partial charge >= 0.3 is 0 Å². The van der Waals surface area contributed by atoms with Crippen LogP contribution in [-0.4, -0.2) is 4.57 Å². The smallest absolute Gasteiger partial charge is 0.0998 e. The predicted octanol–water partition coefficient (Wildman–Crippen LogP) is 5.16. The first-order valence-electron chi connectivity index (χ1n) is 7.62. The lowest BCUT2D eigenvalue weighted by atomic mass is 10.0. The maximum atomic E-state index is 9.50. The zero-order valence-electron chi connectivity index (χ0n) is 13.3. The van der Waals surface area contributed by atoms with Crippen LogP contribution in [0.1, 0.15) is 22.5 Å². The summed E-state index contributed by atoms with van der Waals surface area (Å²) >= 11 is 0. The van der Waals surface area contributed by atoms with Crippen molar-refractivity contribution in [2.75, 3.05) is 0 Å². The molecule has 2 heteroatoms. The van der Waals surface area contributed by atoms with E-state index in [1.165, 1.54) is 0 Å². The molecular weight excluding hydrogens is 280 g/mol. The van der Waals surface area contributed by atoms with Crippen molar-refractivity contribution in [2.24, 2.45) is 0 Å². The molecule has 3 rings (SSSR count). The largest absolute Gasteiger partial charge is 0.318 e. The van der Waals surface area contributed by atoms with Crippen LogP contribution in [0.25, 0.3) is 17.3 Å². The van der Waals surface area contributed by atoms with Crippen molar-refractivity contribution in [3.05, 3.63) is 89.2 Å². The summed E-state index contributed by atoms with van der Waals surface area (Å²) in [5.41, 5.74) is 6.13. The summed E-state index contributed by atoms with van der Waals surface area (Å²) in [5, 5.41) is 9.50. The molecule has 0 unspecified atom stereocenters. The third-order valence-electron chi connectivity index (χ3n) is 3.99. The Kier molecular flexibility index (Phi) is 4.12. The molecule has 2 nitrogen and oxygen atoms in total. The van der Waals surface area contributed by atoms with E-state index in [9.17, 15) is 5.26 Å². The van der Waals surface area contributed by atoms with Crippen molar-refractivity contribution in [2.45, 2.75) is 13.8 Å². The van der Waals surface area contributed by atoms with Gasteiger partial charge in [-0.05, 0) is 49.2 Å². The highest BCUT2D eigenvalue weighted by atomic mass is 15.0. The van der Waals surface area contributed by atoms with Crippen molar-refractivity contribution in [3.8, 4) is 11.8 Å². The summed E-state index contributed by atoms with van der Waals surface area (Å²) in [6, 6.07) is 24.5. The van der Waals surface area contributed by atoms with Gasteiger partial charge in [-0.25, -0.2) is 0 Å². The van der Waals surface area contributed by atoms with Crippen LogP contribution in [0.3, 0.4) is 0 Å². The van der Waals surface area contributed by atoms with Crippen LogP contribution < -0.4 is 0 Å². The number of benzene rings is 2. The zero-order chi connectivity index (χ0) is 16.2. The van der Waals surface area contributed by atoms with Gasteiger partial charge in [0, 0.05) is 17.1 Å². The first-order valence-corrected chi connectivity index (χ1v) is 7.62. The molecule has 0 amide bonds. The monoisotopic (exact) mass is 298 g/mol.